The van der Waals surface area contributed by atoms with Gasteiger partial charge in [0.05, 0.1) is 4.92 Å². The molecule has 0 saturated heterocycles. The smallest absolute Gasteiger partial charge is 0.310 e. The van der Waals surface area contributed by atoms with E-state index in [0.717, 1.165) is 22.3 Å². The molecule has 0 N–H and O–H groups in total. The molecule has 0 unspecified atom stereocenters. The Hall–Kier alpha value is -2.07. The molecule has 0 aliphatic heterocycles. The van der Waals surface area contributed by atoms with Gasteiger partial charge in [-0.2, -0.15) is 0 Å². The molecule has 110 valence electrons. The average Bonchev–Trinajstić information content (AvgIpc) is 2.46. The number of nitro benzene ring substituents is 1. The molecule has 21 heavy (non-hydrogen) atoms. The molecule has 0 aliphatic rings. The van der Waals surface area contributed by atoms with Crippen molar-refractivity contribution in [3.05, 3.63) is 68.8 Å². The summed E-state index contributed by atoms with van der Waals surface area (Å²) in [6.07, 6.45) is 0. The second kappa shape index (κ2) is 6.59. The Morgan fingerprint density at radius 1 is 1.19 bits per heavy atom. The number of alkyl halides is 1. The predicted molar refractivity (Wildman–Crippen MR) is 82.9 cm³/mol. The Labute approximate surface area is 128 Å². The van der Waals surface area contributed by atoms with E-state index < -0.39 is 4.92 Å². The number of ether oxygens (including phenoxy) is 1. The van der Waals surface area contributed by atoms with Gasteiger partial charge in [-0.3, -0.25) is 10.1 Å². The first-order valence-electron chi connectivity index (χ1n) is 6.54. The number of hydrogen-bond acceptors (Lipinski definition) is 3. The highest BCUT2D eigenvalue weighted by atomic mass is 35.5. The maximum atomic E-state index is 11.1. The molecule has 0 fully saturated rings. The topological polar surface area (TPSA) is 52.4 Å². The van der Waals surface area contributed by atoms with Crippen LogP contribution in [0.4, 0.5) is 5.69 Å². The minimum absolute atomic E-state index is 0.0462. The average molecular weight is 306 g/mol. The molecule has 0 spiro atoms. The van der Waals surface area contributed by atoms with Crippen LogP contribution in [-0.2, 0) is 12.5 Å². The number of hydrogen-bond donors (Lipinski definition) is 0. The molecule has 0 radical (unpaired) electrons. The van der Waals surface area contributed by atoms with Gasteiger partial charge in [-0.15, -0.1) is 11.6 Å². The first kappa shape index (κ1) is 15.3. The third kappa shape index (κ3) is 3.52. The van der Waals surface area contributed by atoms with E-state index in [1.54, 1.807) is 12.1 Å². The van der Waals surface area contributed by atoms with E-state index in [-0.39, 0.29) is 17.3 Å². The van der Waals surface area contributed by atoms with Crippen molar-refractivity contribution in [1.29, 1.82) is 0 Å². The van der Waals surface area contributed by atoms with Crippen molar-refractivity contribution in [2.75, 3.05) is 0 Å². The van der Waals surface area contributed by atoms with Crippen LogP contribution in [0.3, 0.4) is 0 Å². The normalized spacial score (nSPS) is 10.4. The third-order valence-corrected chi connectivity index (χ3v) is 3.70. The van der Waals surface area contributed by atoms with E-state index in [2.05, 4.69) is 0 Å². The highest BCUT2D eigenvalue weighted by Gasteiger charge is 2.16. The maximum Gasteiger partial charge on any atom is 0.310 e. The van der Waals surface area contributed by atoms with Crippen LogP contribution in [0.15, 0.2) is 36.4 Å². The lowest BCUT2D eigenvalue weighted by atomic mass is 10.0. The molecule has 4 nitrogen and oxygen atoms in total. The molecule has 5 heteroatoms. The SMILES string of the molecule is Cc1cccc(C)c1COc1cc(CCl)ccc1[N+](=O)[O-]. The fourth-order valence-electron chi connectivity index (χ4n) is 2.13. The van der Waals surface area contributed by atoms with E-state index >= 15 is 0 Å². The molecule has 0 aliphatic carbocycles. The van der Waals surface area contributed by atoms with Crippen molar-refractivity contribution >= 4 is 17.3 Å². The van der Waals surface area contributed by atoms with Crippen LogP contribution in [-0.4, -0.2) is 4.92 Å². The predicted octanol–water partition coefficient (Wildman–Crippen LogP) is 4.53. The lowest BCUT2D eigenvalue weighted by Crippen LogP contribution is -2.03. The Balaban J connectivity index is 2.28. The van der Waals surface area contributed by atoms with Crippen LogP contribution in [0.5, 0.6) is 5.75 Å². The summed E-state index contributed by atoms with van der Waals surface area (Å²) in [7, 11) is 0. The lowest BCUT2D eigenvalue weighted by molar-refractivity contribution is -0.386. The summed E-state index contributed by atoms with van der Waals surface area (Å²) >= 11 is 5.77. The number of nitrogens with zero attached hydrogens (tertiary/aromatic N) is 1. The second-order valence-corrected chi connectivity index (χ2v) is 5.12. The molecule has 0 saturated carbocycles. The summed E-state index contributed by atoms with van der Waals surface area (Å²) in [6, 6.07) is 10.7. The summed E-state index contributed by atoms with van der Waals surface area (Å²) in [4.78, 5) is 10.6. The number of benzene rings is 2. The second-order valence-electron chi connectivity index (χ2n) is 4.85. The fourth-order valence-corrected chi connectivity index (χ4v) is 2.30. The summed E-state index contributed by atoms with van der Waals surface area (Å²) in [6.45, 7) is 4.29. The van der Waals surface area contributed by atoms with Gasteiger partial charge in [-0.25, -0.2) is 0 Å². The Morgan fingerprint density at radius 3 is 2.43 bits per heavy atom. The zero-order chi connectivity index (χ0) is 15.4. The van der Waals surface area contributed by atoms with Crippen molar-refractivity contribution in [1.82, 2.24) is 0 Å². The molecule has 2 aromatic rings. The van der Waals surface area contributed by atoms with Gasteiger partial charge in [0.25, 0.3) is 0 Å². The van der Waals surface area contributed by atoms with Gasteiger partial charge in [-0.1, -0.05) is 24.3 Å². The largest absolute Gasteiger partial charge is 0.482 e. The fraction of sp³-hybridized carbons (Fsp3) is 0.250. The molecule has 0 atom stereocenters. The summed E-state index contributed by atoms with van der Waals surface area (Å²) in [5.41, 5.74) is 3.99. The van der Waals surface area contributed by atoms with Crippen molar-refractivity contribution in [2.24, 2.45) is 0 Å². The van der Waals surface area contributed by atoms with Gasteiger partial charge in [-0.05, 0) is 42.2 Å². The van der Waals surface area contributed by atoms with E-state index in [1.807, 2.05) is 32.0 Å². The lowest BCUT2D eigenvalue weighted by Gasteiger charge is -2.12. The number of aryl methyl sites for hydroxylation is 2. The zero-order valence-corrected chi connectivity index (χ0v) is 12.7. The van der Waals surface area contributed by atoms with Crippen LogP contribution >= 0.6 is 11.6 Å². The molecular weight excluding hydrogens is 290 g/mol. The van der Waals surface area contributed by atoms with E-state index in [4.69, 9.17) is 16.3 Å². The van der Waals surface area contributed by atoms with Gasteiger partial charge in [0.2, 0.25) is 0 Å². The minimum Gasteiger partial charge on any atom is -0.482 e. The van der Waals surface area contributed by atoms with Gasteiger partial charge in [0.15, 0.2) is 5.75 Å². The highest BCUT2D eigenvalue weighted by molar-refractivity contribution is 6.17. The summed E-state index contributed by atoms with van der Waals surface area (Å²) in [5, 5.41) is 11.1. The quantitative estimate of drug-likeness (QED) is 0.463. The van der Waals surface area contributed by atoms with Crippen LogP contribution in [0, 0.1) is 24.0 Å². The maximum absolute atomic E-state index is 11.1. The first-order chi connectivity index (χ1) is 10.0. The van der Waals surface area contributed by atoms with Crippen LogP contribution in [0.1, 0.15) is 22.3 Å². The zero-order valence-electron chi connectivity index (χ0n) is 11.9. The minimum atomic E-state index is -0.446. The van der Waals surface area contributed by atoms with Gasteiger partial charge in [0.1, 0.15) is 6.61 Å². The van der Waals surface area contributed by atoms with Gasteiger partial charge in [0, 0.05) is 11.9 Å². The van der Waals surface area contributed by atoms with Crippen molar-refractivity contribution < 1.29 is 9.66 Å². The van der Waals surface area contributed by atoms with E-state index in [9.17, 15) is 10.1 Å². The molecule has 2 aromatic carbocycles. The van der Waals surface area contributed by atoms with E-state index in [1.165, 1.54) is 6.07 Å². The van der Waals surface area contributed by atoms with Crippen molar-refractivity contribution in [2.45, 2.75) is 26.3 Å². The van der Waals surface area contributed by atoms with Crippen LogP contribution in [0.25, 0.3) is 0 Å². The highest BCUT2D eigenvalue weighted by Crippen LogP contribution is 2.30. The first-order valence-corrected chi connectivity index (χ1v) is 7.07. The molecule has 0 bridgehead atoms. The number of nitro groups is 1. The van der Waals surface area contributed by atoms with Crippen molar-refractivity contribution in [3.63, 3.8) is 0 Å². The van der Waals surface area contributed by atoms with Gasteiger partial charge < -0.3 is 4.74 Å². The Morgan fingerprint density at radius 2 is 1.86 bits per heavy atom. The monoisotopic (exact) mass is 305 g/mol. The van der Waals surface area contributed by atoms with Gasteiger partial charge >= 0.3 is 5.69 Å². The number of rotatable bonds is 5. The van der Waals surface area contributed by atoms with Crippen molar-refractivity contribution in [3.8, 4) is 5.75 Å². The Kier molecular flexibility index (Phi) is 4.81. The third-order valence-electron chi connectivity index (χ3n) is 3.39. The molecule has 2 rings (SSSR count). The summed E-state index contributed by atoms with van der Waals surface area (Å²) in [5.74, 6) is 0.540. The van der Waals surface area contributed by atoms with Crippen LogP contribution in [0.2, 0.25) is 0 Å². The standard InChI is InChI=1S/C16H16ClNO3/c1-11-4-3-5-12(2)14(11)10-21-16-8-13(9-17)6-7-15(16)18(19)20/h3-8H,9-10H2,1-2H3. The Bertz CT molecular complexity index is 650. The molecular formula is C16H16ClNO3. The van der Waals surface area contributed by atoms with Crippen LogP contribution < -0.4 is 4.74 Å². The van der Waals surface area contributed by atoms with E-state index in [0.29, 0.717) is 6.61 Å². The summed E-state index contributed by atoms with van der Waals surface area (Å²) < 4.78 is 5.69. The molecule has 0 amide bonds. The molecule has 0 heterocycles. The molecule has 0 aromatic heterocycles. The number of halogens is 1.